The van der Waals surface area contributed by atoms with Crippen LogP contribution in [-0.2, 0) is 38.0 Å². The molecule has 3 aliphatic rings. The molecule has 13 nitrogen and oxygen atoms in total. The van der Waals surface area contributed by atoms with Gasteiger partial charge in [0.1, 0.15) is 17.8 Å². The van der Waals surface area contributed by atoms with Gasteiger partial charge in [0.2, 0.25) is 5.91 Å². The number of carbonyl (C=O) groups is 2. The summed E-state index contributed by atoms with van der Waals surface area (Å²) in [5, 5.41) is 25.3. The molecule has 3 saturated heterocycles. The molecule has 60 heavy (non-hydrogen) atoms. The molecule has 13 heteroatoms. The Balaban J connectivity index is 1.66. The van der Waals surface area contributed by atoms with E-state index in [1.807, 2.05) is 103 Å². The van der Waals surface area contributed by atoms with Crippen molar-refractivity contribution in [3.63, 3.8) is 0 Å². The van der Waals surface area contributed by atoms with Gasteiger partial charge in [-0.1, -0.05) is 64.6 Å². The largest absolute Gasteiger partial charge is 0.459 e. The molecule has 3 aliphatic heterocycles. The maximum Gasteiger partial charge on any atom is 0.311 e. The molecule has 332 valence electrons. The fourth-order valence-corrected chi connectivity index (χ4v) is 9.56. The second-order valence-corrected chi connectivity index (χ2v) is 18.0. The third-order valence-electron chi connectivity index (χ3n) is 12.7. The lowest BCUT2D eigenvalue weighted by molar-refractivity contribution is -0.303. The van der Waals surface area contributed by atoms with Crippen LogP contribution in [0, 0.1) is 23.7 Å². The number of nitrogens with zero attached hydrogens (tertiary/aromatic N) is 3. The molecule has 3 fully saturated rings. The molecule has 2 bridgehead atoms. The van der Waals surface area contributed by atoms with E-state index in [9.17, 15) is 19.8 Å². The number of aromatic nitrogens is 1. The number of hydrogen-bond donors (Lipinski definition) is 2. The van der Waals surface area contributed by atoms with Crippen LogP contribution < -0.4 is 0 Å². The van der Waals surface area contributed by atoms with Crippen molar-refractivity contribution in [2.45, 2.75) is 142 Å². The van der Waals surface area contributed by atoms with Crippen LogP contribution in [0.25, 0.3) is 17.0 Å². The summed E-state index contributed by atoms with van der Waals surface area (Å²) < 4.78 is 39.9. The van der Waals surface area contributed by atoms with Crippen LogP contribution in [0.3, 0.4) is 0 Å². The van der Waals surface area contributed by atoms with Crippen molar-refractivity contribution in [2.24, 2.45) is 28.7 Å². The minimum absolute atomic E-state index is 0.0160. The van der Waals surface area contributed by atoms with E-state index in [2.05, 4.69) is 16.6 Å². The average Bonchev–Trinajstić information content (AvgIpc) is 3.20. The number of aliphatic imine (C=N–C) groups is 1. The number of fused-ring (bicyclic) bond motifs is 6. The highest BCUT2D eigenvalue weighted by atomic mass is 16.7. The number of hydrogen-bond acceptors (Lipinski definition) is 12. The fraction of sp³-hybridized carbons (Fsp3) is 0.660. The Morgan fingerprint density at radius 2 is 1.83 bits per heavy atom. The van der Waals surface area contributed by atoms with Crippen LogP contribution >= 0.6 is 0 Å². The normalized spacial score (nSPS) is 38.4. The van der Waals surface area contributed by atoms with E-state index >= 15 is 0 Å². The smallest absolute Gasteiger partial charge is 0.311 e. The molecule has 2 N–H and O–H groups in total. The van der Waals surface area contributed by atoms with E-state index in [0.29, 0.717) is 17.7 Å². The first kappa shape index (κ1) is 47.6. The van der Waals surface area contributed by atoms with Gasteiger partial charge in [-0.25, -0.2) is 4.99 Å². The lowest BCUT2D eigenvalue weighted by atomic mass is 9.73. The predicted octanol–water partition coefficient (Wildman–Crippen LogP) is 6.18. The molecule has 0 spiro atoms. The summed E-state index contributed by atoms with van der Waals surface area (Å²) in [6.45, 7) is 20.8. The zero-order chi connectivity index (χ0) is 44.1. The average molecular weight is 836 g/mol. The number of amides is 1. The Morgan fingerprint density at radius 3 is 2.52 bits per heavy atom. The van der Waals surface area contributed by atoms with Crippen molar-refractivity contribution in [2.75, 3.05) is 33.9 Å². The highest BCUT2D eigenvalue weighted by Gasteiger charge is 2.53. The van der Waals surface area contributed by atoms with Gasteiger partial charge in [-0.3, -0.25) is 14.6 Å². The fourth-order valence-electron chi connectivity index (χ4n) is 9.56. The molecule has 2 aromatic rings. The maximum atomic E-state index is 14.5. The topological polar surface area (TPSA) is 158 Å². The van der Waals surface area contributed by atoms with Gasteiger partial charge in [0.25, 0.3) is 0 Å². The summed E-state index contributed by atoms with van der Waals surface area (Å²) >= 11 is 0. The van der Waals surface area contributed by atoms with Crippen LogP contribution in [0.5, 0.6) is 0 Å². The van der Waals surface area contributed by atoms with Crippen LogP contribution in [-0.4, -0.2) is 132 Å². The van der Waals surface area contributed by atoms with E-state index in [1.54, 1.807) is 20.0 Å². The Kier molecular flexibility index (Phi) is 16.0. The SMILES string of the molecule is C=C1CO[C@H]2[C@H](C)C(=NC(C)=O)[C@H](C)C[C@@](C)(OC1)[C@H](O[C@@H]1O[C@H](C)C[C@H](N(C)C)[C@H]1O)[C@@H](C)[C@H](OC/C=C/c1cnc3ccccc3c1)[C@@H](C)C(=O)O[C@@H](CC)[C@@]2(C)O. The molecular weight excluding hydrogens is 767 g/mol. The number of carbonyl (C=O) groups excluding carboxylic acids is 2. The van der Waals surface area contributed by atoms with Gasteiger partial charge in [-0.15, -0.1) is 0 Å². The predicted molar refractivity (Wildman–Crippen MR) is 231 cm³/mol. The van der Waals surface area contributed by atoms with Gasteiger partial charge in [-0.05, 0) is 90.2 Å². The molecule has 1 aromatic heterocycles. The third-order valence-corrected chi connectivity index (χ3v) is 12.7. The van der Waals surface area contributed by atoms with E-state index < -0.39 is 83.6 Å². The van der Waals surface area contributed by atoms with Crippen LogP contribution in [0.15, 0.2) is 59.7 Å². The summed E-state index contributed by atoms with van der Waals surface area (Å²) in [4.78, 5) is 38.4. The van der Waals surface area contributed by atoms with Gasteiger partial charge >= 0.3 is 5.97 Å². The number of ether oxygens (including phenoxy) is 6. The van der Waals surface area contributed by atoms with Crippen molar-refractivity contribution in [1.29, 1.82) is 0 Å². The van der Waals surface area contributed by atoms with Crippen molar-refractivity contribution >= 4 is 34.6 Å². The van der Waals surface area contributed by atoms with Crippen LogP contribution in [0.1, 0.15) is 87.1 Å². The lowest BCUT2D eigenvalue weighted by Crippen LogP contribution is -2.60. The molecule has 4 heterocycles. The Hall–Kier alpha value is -3.40. The van der Waals surface area contributed by atoms with E-state index in [0.717, 1.165) is 16.5 Å². The third kappa shape index (κ3) is 11.0. The van der Waals surface area contributed by atoms with E-state index in [1.165, 1.54) is 6.92 Å². The maximum absolute atomic E-state index is 14.5. The first-order chi connectivity index (χ1) is 28.3. The summed E-state index contributed by atoms with van der Waals surface area (Å²) in [6.07, 6.45) is 0.755. The summed E-state index contributed by atoms with van der Waals surface area (Å²) in [5.74, 6) is -3.47. The van der Waals surface area contributed by atoms with Crippen LogP contribution in [0.4, 0.5) is 0 Å². The van der Waals surface area contributed by atoms with Gasteiger partial charge < -0.3 is 43.5 Å². The number of cyclic esters (lactones) is 1. The molecule has 0 saturated carbocycles. The van der Waals surface area contributed by atoms with Gasteiger partial charge in [0.05, 0.1) is 61.3 Å². The number of likely N-dealkylation sites (N-methyl/N-ethyl adjacent to an activating group) is 1. The Labute approximate surface area is 356 Å². The molecule has 14 atom stereocenters. The lowest BCUT2D eigenvalue weighted by Gasteiger charge is -2.49. The molecule has 0 radical (unpaired) electrons. The van der Waals surface area contributed by atoms with Crippen LogP contribution in [0.2, 0.25) is 0 Å². The number of aliphatic hydroxyl groups is 2. The second kappa shape index (κ2) is 20.2. The van der Waals surface area contributed by atoms with Gasteiger partial charge in [0, 0.05) is 42.1 Å². The van der Waals surface area contributed by atoms with E-state index in [-0.39, 0.29) is 44.8 Å². The Bertz CT molecular complexity index is 1860. The molecule has 5 rings (SSSR count). The minimum Gasteiger partial charge on any atom is -0.459 e. The summed E-state index contributed by atoms with van der Waals surface area (Å²) in [7, 11) is 3.84. The zero-order valence-corrected chi connectivity index (χ0v) is 37.5. The number of esters is 1. The number of pyridine rings is 1. The Morgan fingerprint density at radius 1 is 1.12 bits per heavy atom. The first-order valence-electron chi connectivity index (χ1n) is 21.5. The number of benzene rings is 1. The highest BCUT2D eigenvalue weighted by Crippen LogP contribution is 2.42. The van der Waals surface area contributed by atoms with Crippen molar-refractivity contribution < 1.29 is 48.2 Å². The van der Waals surface area contributed by atoms with Crippen molar-refractivity contribution in [1.82, 2.24) is 9.88 Å². The second-order valence-electron chi connectivity index (χ2n) is 18.0. The zero-order valence-electron chi connectivity index (χ0n) is 37.5. The van der Waals surface area contributed by atoms with Crippen molar-refractivity contribution in [3.05, 3.63) is 60.3 Å². The molecule has 1 aromatic carbocycles. The van der Waals surface area contributed by atoms with E-state index in [4.69, 9.17) is 28.4 Å². The summed E-state index contributed by atoms with van der Waals surface area (Å²) in [5.41, 5.74) is -0.0182. The number of rotatable bonds is 8. The molecule has 0 unspecified atom stereocenters. The first-order valence-corrected chi connectivity index (χ1v) is 21.5. The van der Waals surface area contributed by atoms with Crippen molar-refractivity contribution in [3.8, 4) is 0 Å². The van der Waals surface area contributed by atoms with Gasteiger partial charge in [-0.2, -0.15) is 0 Å². The highest BCUT2D eigenvalue weighted by molar-refractivity contribution is 5.97. The number of para-hydroxylation sites is 1. The monoisotopic (exact) mass is 835 g/mol. The standard InChI is InChI=1S/C47H69N3O10/c1-13-38-47(10,54)43-30(5)39(49-33(8)51)28(3)23-46(9,57-26-27(2)25-56-43)42(60-45-40(52)37(50(11)12)21-29(4)58-45)31(6)41(32(7)44(53)59-38)55-20-16-17-34-22-35-18-14-15-19-36(35)48-24-34/h14-19,22,24,28-32,37-38,40-43,45,52,54H,2,13,20-21,23,25-26H2,1,3-12H3/b17-16+,49-39?/t28-,29-,30-,31+,32-,37+,38+,40-,41+,42-,43+,45+,46-,47-/m1/s1. The molecule has 0 aliphatic carbocycles. The van der Waals surface area contributed by atoms with Gasteiger partial charge in [0.15, 0.2) is 6.29 Å². The quantitative estimate of drug-likeness (QED) is 0.230. The number of aliphatic hydroxyl groups excluding tert-OH is 1. The molecule has 1 amide bonds. The summed E-state index contributed by atoms with van der Waals surface area (Å²) in [6, 6.07) is 9.69. The molecular formula is C47H69N3O10. The minimum atomic E-state index is -1.72.